The van der Waals surface area contributed by atoms with Crippen molar-refractivity contribution in [2.24, 2.45) is 5.92 Å². The lowest BCUT2D eigenvalue weighted by molar-refractivity contribution is 0.315. The SMILES string of the molecule is CCCNCc1nnc(N(C)CC2CCC2)o1. The van der Waals surface area contributed by atoms with Crippen LogP contribution in [0.5, 0.6) is 0 Å². The summed E-state index contributed by atoms with van der Waals surface area (Å²) in [5.74, 6) is 1.49. The minimum Gasteiger partial charge on any atom is -0.407 e. The van der Waals surface area contributed by atoms with Crippen molar-refractivity contribution in [1.82, 2.24) is 15.5 Å². The van der Waals surface area contributed by atoms with Gasteiger partial charge in [-0.15, -0.1) is 5.10 Å². The van der Waals surface area contributed by atoms with Crippen molar-refractivity contribution in [2.45, 2.75) is 39.2 Å². The maximum Gasteiger partial charge on any atom is 0.317 e. The molecule has 1 N–H and O–H groups in total. The van der Waals surface area contributed by atoms with E-state index in [1.165, 1.54) is 19.3 Å². The first-order chi connectivity index (χ1) is 8.29. The van der Waals surface area contributed by atoms with Crippen LogP contribution in [0.1, 0.15) is 38.5 Å². The molecular weight excluding hydrogens is 216 g/mol. The summed E-state index contributed by atoms with van der Waals surface area (Å²) in [5.41, 5.74) is 0. The van der Waals surface area contributed by atoms with Crippen LogP contribution in [0.15, 0.2) is 4.42 Å². The van der Waals surface area contributed by atoms with E-state index in [0.29, 0.717) is 18.5 Å². The molecule has 1 saturated carbocycles. The molecule has 1 aromatic heterocycles. The van der Waals surface area contributed by atoms with Crippen molar-refractivity contribution in [1.29, 1.82) is 0 Å². The molecule has 1 aliphatic rings. The lowest BCUT2D eigenvalue weighted by atomic mass is 9.85. The van der Waals surface area contributed by atoms with Gasteiger partial charge < -0.3 is 14.6 Å². The fourth-order valence-corrected chi connectivity index (χ4v) is 1.98. The van der Waals surface area contributed by atoms with Crippen LogP contribution in [0.4, 0.5) is 6.01 Å². The van der Waals surface area contributed by atoms with Crippen molar-refractivity contribution in [3.05, 3.63) is 5.89 Å². The summed E-state index contributed by atoms with van der Waals surface area (Å²) < 4.78 is 5.60. The van der Waals surface area contributed by atoms with Gasteiger partial charge in [0.1, 0.15) is 0 Å². The van der Waals surface area contributed by atoms with Gasteiger partial charge in [0.15, 0.2) is 0 Å². The first-order valence-corrected chi connectivity index (χ1v) is 6.54. The van der Waals surface area contributed by atoms with Gasteiger partial charge in [-0.05, 0) is 31.7 Å². The summed E-state index contributed by atoms with van der Waals surface area (Å²) in [6.45, 7) is 4.82. The Balaban J connectivity index is 1.79. The molecule has 0 aromatic carbocycles. The minimum atomic E-state index is 0.644. The molecule has 1 heterocycles. The average molecular weight is 238 g/mol. The first-order valence-electron chi connectivity index (χ1n) is 6.54. The second kappa shape index (κ2) is 6.00. The second-order valence-electron chi connectivity index (χ2n) is 4.83. The number of rotatable bonds is 7. The Labute approximate surface area is 103 Å². The zero-order chi connectivity index (χ0) is 12.1. The molecule has 0 bridgehead atoms. The summed E-state index contributed by atoms with van der Waals surface area (Å²) in [6, 6.07) is 0.644. The minimum absolute atomic E-state index is 0.644. The monoisotopic (exact) mass is 238 g/mol. The van der Waals surface area contributed by atoms with E-state index in [1.807, 2.05) is 7.05 Å². The summed E-state index contributed by atoms with van der Waals surface area (Å²) in [6.07, 6.45) is 5.16. The number of nitrogens with one attached hydrogen (secondary N) is 1. The second-order valence-corrected chi connectivity index (χ2v) is 4.83. The van der Waals surface area contributed by atoms with Gasteiger partial charge in [-0.25, -0.2) is 0 Å². The molecule has 2 rings (SSSR count). The van der Waals surface area contributed by atoms with Crippen LogP contribution in [-0.2, 0) is 6.54 Å². The van der Waals surface area contributed by atoms with Crippen LogP contribution >= 0.6 is 0 Å². The third kappa shape index (κ3) is 3.43. The third-order valence-corrected chi connectivity index (χ3v) is 3.24. The van der Waals surface area contributed by atoms with E-state index < -0.39 is 0 Å². The molecule has 5 heteroatoms. The predicted octanol–water partition coefficient (Wildman–Crippen LogP) is 1.81. The Bertz CT molecular complexity index is 335. The molecule has 5 nitrogen and oxygen atoms in total. The van der Waals surface area contributed by atoms with Gasteiger partial charge in [0.25, 0.3) is 0 Å². The molecule has 0 atom stereocenters. The standard InChI is InChI=1S/C12H22N4O/c1-3-7-13-8-11-14-15-12(17-11)16(2)9-10-5-4-6-10/h10,13H,3-9H2,1-2H3. The average Bonchev–Trinajstić information content (AvgIpc) is 2.72. The highest BCUT2D eigenvalue weighted by Crippen LogP contribution is 2.27. The van der Waals surface area contributed by atoms with Gasteiger partial charge in [-0.1, -0.05) is 18.4 Å². The molecule has 0 radical (unpaired) electrons. The largest absolute Gasteiger partial charge is 0.407 e. The molecule has 0 unspecified atom stereocenters. The van der Waals surface area contributed by atoms with Gasteiger partial charge in [-0.3, -0.25) is 0 Å². The molecule has 1 aliphatic carbocycles. The predicted molar refractivity (Wildman–Crippen MR) is 66.9 cm³/mol. The van der Waals surface area contributed by atoms with Gasteiger partial charge in [-0.2, -0.15) is 0 Å². The number of aromatic nitrogens is 2. The van der Waals surface area contributed by atoms with Crippen LogP contribution in [0.2, 0.25) is 0 Å². The van der Waals surface area contributed by atoms with Crippen LogP contribution < -0.4 is 10.2 Å². The molecule has 96 valence electrons. The Morgan fingerprint density at radius 3 is 2.88 bits per heavy atom. The number of hydrogen-bond acceptors (Lipinski definition) is 5. The van der Waals surface area contributed by atoms with E-state index in [1.54, 1.807) is 0 Å². The highest BCUT2D eigenvalue weighted by atomic mass is 16.4. The van der Waals surface area contributed by atoms with Crippen LogP contribution in [-0.4, -0.2) is 30.3 Å². The van der Waals surface area contributed by atoms with Crippen molar-refractivity contribution in [2.75, 3.05) is 25.0 Å². The number of anilines is 1. The maximum atomic E-state index is 5.60. The molecular formula is C12H22N4O. The topological polar surface area (TPSA) is 54.2 Å². The Morgan fingerprint density at radius 1 is 1.41 bits per heavy atom. The highest BCUT2D eigenvalue weighted by Gasteiger charge is 2.21. The summed E-state index contributed by atoms with van der Waals surface area (Å²) in [5, 5.41) is 11.4. The van der Waals surface area contributed by atoms with Crippen molar-refractivity contribution in [3.8, 4) is 0 Å². The van der Waals surface area contributed by atoms with Crippen molar-refractivity contribution in [3.63, 3.8) is 0 Å². The zero-order valence-electron chi connectivity index (χ0n) is 10.8. The first kappa shape index (κ1) is 12.4. The maximum absolute atomic E-state index is 5.60. The van der Waals surface area contributed by atoms with E-state index >= 15 is 0 Å². The van der Waals surface area contributed by atoms with Gasteiger partial charge in [0, 0.05) is 13.6 Å². The molecule has 0 aliphatic heterocycles. The smallest absolute Gasteiger partial charge is 0.317 e. The Kier molecular flexibility index (Phi) is 4.36. The Morgan fingerprint density at radius 2 is 2.24 bits per heavy atom. The fraction of sp³-hybridized carbons (Fsp3) is 0.833. The van der Waals surface area contributed by atoms with Gasteiger partial charge in [0.2, 0.25) is 5.89 Å². The summed E-state index contributed by atoms with van der Waals surface area (Å²) in [4.78, 5) is 2.07. The molecule has 17 heavy (non-hydrogen) atoms. The van der Waals surface area contributed by atoms with E-state index in [-0.39, 0.29) is 0 Å². The zero-order valence-corrected chi connectivity index (χ0v) is 10.8. The molecule has 1 aromatic rings. The lowest BCUT2D eigenvalue weighted by Crippen LogP contribution is -2.29. The lowest BCUT2D eigenvalue weighted by Gasteiger charge is -2.28. The van der Waals surface area contributed by atoms with E-state index in [0.717, 1.165) is 25.4 Å². The van der Waals surface area contributed by atoms with Gasteiger partial charge >= 0.3 is 6.01 Å². The van der Waals surface area contributed by atoms with E-state index in [4.69, 9.17) is 4.42 Å². The summed E-state index contributed by atoms with van der Waals surface area (Å²) in [7, 11) is 2.02. The van der Waals surface area contributed by atoms with Crippen molar-refractivity contribution >= 4 is 6.01 Å². The van der Waals surface area contributed by atoms with Crippen LogP contribution in [0.3, 0.4) is 0 Å². The Hall–Kier alpha value is -1.10. The van der Waals surface area contributed by atoms with Crippen LogP contribution in [0, 0.1) is 5.92 Å². The third-order valence-electron chi connectivity index (χ3n) is 3.24. The quantitative estimate of drug-likeness (QED) is 0.734. The van der Waals surface area contributed by atoms with Gasteiger partial charge in [0.05, 0.1) is 6.54 Å². The number of hydrogen-bond donors (Lipinski definition) is 1. The molecule has 1 fully saturated rings. The summed E-state index contributed by atoms with van der Waals surface area (Å²) >= 11 is 0. The molecule has 0 amide bonds. The normalized spacial score (nSPS) is 15.9. The number of nitrogens with zero attached hydrogens (tertiary/aromatic N) is 3. The highest BCUT2D eigenvalue weighted by molar-refractivity contribution is 5.22. The van der Waals surface area contributed by atoms with Crippen LogP contribution in [0.25, 0.3) is 0 Å². The van der Waals surface area contributed by atoms with Crippen molar-refractivity contribution < 1.29 is 4.42 Å². The van der Waals surface area contributed by atoms with E-state index in [9.17, 15) is 0 Å². The molecule has 0 saturated heterocycles. The van der Waals surface area contributed by atoms with E-state index in [2.05, 4.69) is 27.3 Å². The fourth-order valence-electron chi connectivity index (χ4n) is 1.98. The molecule has 0 spiro atoms.